The second-order valence-electron chi connectivity index (χ2n) is 14.9. The summed E-state index contributed by atoms with van der Waals surface area (Å²) in [6.45, 7) is 0. The summed E-state index contributed by atoms with van der Waals surface area (Å²) in [5.41, 5.74) is 0. The van der Waals surface area contributed by atoms with E-state index >= 15 is 0 Å². The maximum absolute atomic E-state index is 8.30. The van der Waals surface area contributed by atoms with Crippen molar-refractivity contribution in [2.24, 2.45) is 0 Å². The molecular weight excluding hydrogens is 809 g/mol. The van der Waals surface area contributed by atoms with Crippen molar-refractivity contribution in [3.63, 3.8) is 0 Å². The molecule has 0 amide bonds. The molecule has 1 radical (unpaired) electrons. The molecule has 0 spiro atoms. The second kappa shape index (κ2) is 18.6. The summed E-state index contributed by atoms with van der Waals surface area (Å²) in [6.07, 6.45) is 0. The van der Waals surface area contributed by atoms with Gasteiger partial charge in [-0.15, -0.1) is 0 Å². The normalized spacial score (nSPS) is 12.0. The number of rotatable bonds is 15. The molecular formula is C54H45O3Si4. The number of hydrogen-bond donors (Lipinski definition) is 0. The molecule has 0 atom stereocenters. The molecule has 0 aliphatic carbocycles. The van der Waals surface area contributed by atoms with Crippen molar-refractivity contribution in [3.8, 4) is 0 Å². The maximum Gasteiger partial charge on any atom is 0.546 e. The molecule has 3 nitrogen and oxygen atoms in total. The van der Waals surface area contributed by atoms with Gasteiger partial charge in [-0.3, -0.25) is 0 Å². The van der Waals surface area contributed by atoms with Crippen molar-refractivity contribution in [3.05, 3.63) is 273 Å². The Balaban J connectivity index is 1.39. The molecule has 0 saturated heterocycles. The van der Waals surface area contributed by atoms with Crippen molar-refractivity contribution in [1.82, 2.24) is 0 Å². The van der Waals surface area contributed by atoms with Gasteiger partial charge in [0.1, 0.15) is 0 Å². The van der Waals surface area contributed by atoms with E-state index in [0.717, 1.165) is 46.7 Å². The fraction of sp³-hybridized carbons (Fsp3) is 0. The number of hydrogen-bond acceptors (Lipinski definition) is 3. The highest BCUT2D eigenvalue weighted by molar-refractivity contribution is 7.14. The van der Waals surface area contributed by atoms with Crippen LogP contribution in [0.3, 0.4) is 0 Å². The maximum atomic E-state index is 8.30. The molecule has 0 aromatic heterocycles. The molecule has 295 valence electrons. The van der Waals surface area contributed by atoms with E-state index in [0.29, 0.717) is 0 Å². The Morgan fingerprint density at radius 1 is 0.180 bits per heavy atom. The van der Waals surface area contributed by atoms with Crippen LogP contribution in [0.2, 0.25) is 0 Å². The molecule has 0 aliphatic heterocycles. The third-order valence-electron chi connectivity index (χ3n) is 11.3. The van der Waals surface area contributed by atoms with E-state index in [9.17, 15) is 0 Å². The van der Waals surface area contributed by atoms with Gasteiger partial charge in [0, 0.05) is 0 Å². The quantitative estimate of drug-likeness (QED) is 0.0934. The van der Waals surface area contributed by atoms with Gasteiger partial charge in [-0.25, -0.2) is 0 Å². The molecule has 0 N–H and O–H groups in total. The lowest BCUT2D eigenvalue weighted by Crippen LogP contribution is -2.78. The van der Waals surface area contributed by atoms with Gasteiger partial charge < -0.3 is 12.3 Å². The highest BCUT2D eigenvalue weighted by Crippen LogP contribution is 2.21. The fourth-order valence-electron chi connectivity index (χ4n) is 8.52. The van der Waals surface area contributed by atoms with Crippen LogP contribution in [-0.4, -0.2) is 34.5 Å². The molecule has 0 saturated carbocycles. The van der Waals surface area contributed by atoms with Crippen molar-refractivity contribution in [2.75, 3.05) is 0 Å². The topological polar surface area (TPSA) is 27.7 Å². The summed E-state index contributed by atoms with van der Waals surface area (Å²) in [6, 6.07) is 96.8. The molecule has 61 heavy (non-hydrogen) atoms. The lowest BCUT2D eigenvalue weighted by Gasteiger charge is -2.43. The molecule has 0 fully saturated rings. The van der Waals surface area contributed by atoms with Gasteiger partial charge >= 0.3 is 9.53 Å². The lowest BCUT2D eigenvalue weighted by molar-refractivity contribution is 0.314. The SMILES string of the molecule is c1ccc([Si](O[Si](O[Si](c2ccccc2)(c2ccccc2)c2ccccc2)O[Si](c2ccccc2)(c2ccccc2)c2ccccc2)(c2ccccc2)c2ccccc2)cc1. The minimum atomic E-state index is -3.45. The first-order chi connectivity index (χ1) is 30.2. The van der Waals surface area contributed by atoms with E-state index in [1.165, 1.54) is 0 Å². The third kappa shape index (κ3) is 7.92. The zero-order valence-electron chi connectivity index (χ0n) is 33.7. The van der Waals surface area contributed by atoms with E-state index < -0.39 is 34.5 Å². The largest absolute Gasteiger partial charge is 0.546 e. The average Bonchev–Trinajstić information content (AvgIpc) is 3.36. The van der Waals surface area contributed by atoms with Crippen molar-refractivity contribution < 1.29 is 12.3 Å². The Morgan fingerprint density at radius 3 is 0.410 bits per heavy atom. The second-order valence-corrected chi connectivity index (χ2v) is 27.1. The third-order valence-corrected chi connectivity index (χ3v) is 27.3. The summed E-state index contributed by atoms with van der Waals surface area (Å²) in [4.78, 5) is 0. The molecule has 9 aromatic carbocycles. The van der Waals surface area contributed by atoms with Gasteiger partial charge in [0.2, 0.25) is 0 Å². The van der Waals surface area contributed by atoms with E-state index in [2.05, 4.69) is 273 Å². The highest BCUT2D eigenvalue weighted by Gasteiger charge is 2.55. The molecule has 7 heteroatoms. The van der Waals surface area contributed by atoms with Crippen LogP contribution in [0.1, 0.15) is 0 Å². The molecule has 0 bridgehead atoms. The van der Waals surface area contributed by atoms with Gasteiger partial charge in [0.05, 0.1) is 0 Å². The van der Waals surface area contributed by atoms with Gasteiger partial charge in [-0.05, 0) is 46.7 Å². The molecule has 0 heterocycles. The van der Waals surface area contributed by atoms with Crippen molar-refractivity contribution >= 4 is 81.2 Å². The predicted octanol–water partition coefficient (Wildman–Crippen LogP) is 6.02. The highest BCUT2D eigenvalue weighted by atomic mass is 28.5. The fourth-order valence-corrected chi connectivity index (χ4v) is 26.3. The Morgan fingerprint density at radius 2 is 0.295 bits per heavy atom. The first-order valence-electron chi connectivity index (χ1n) is 20.7. The summed E-state index contributed by atoms with van der Waals surface area (Å²) in [5, 5.41) is 10.00. The first-order valence-corrected chi connectivity index (χ1v) is 27.6. The van der Waals surface area contributed by atoms with E-state index in [-0.39, 0.29) is 0 Å². The zero-order valence-corrected chi connectivity index (χ0v) is 37.7. The van der Waals surface area contributed by atoms with E-state index in [4.69, 9.17) is 12.3 Å². The van der Waals surface area contributed by atoms with Gasteiger partial charge in [0.25, 0.3) is 25.0 Å². The van der Waals surface area contributed by atoms with Gasteiger partial charge in [-0.2, -0.15) is 0 Å². The lowest BCUT2D eigenvalue weighted by atomic mass is 10.3. The minimum absolute atomic E-state index is 1.11. The van der Waals surface area contributed by atoms with Crippen LogP contribution in [0.4, 0.5) is 0 Å². The monoisotopic (exact) mass is 853 g/mol. The Hall–Kier alpha value is -6.27. The Labute approximate surface area is 364 Å². The summed E-state index contributed by atoms with van der Waals surface area (Å²) >= 11 is 0. The van der Waals surface area contributed by atoms with Crippen LogP contribution < -0.4 is 46.7 Å². The van der Waals surface area contributed by atoms with Crippen molar-refractivity contribution in [1.29, 1.82) is 0 Å². The van der Waals surface area contributed by atoms with Gasteiger partial charge in [0.15, 0.2) is 0 Å². The van der Waals surface area contributed by atoms with E-state index in [1.54, 1.807) is 0 Å². The molecule has 0 unspecified atom stereocenters. The standard InChI is InChI=1S/C54H45O3Si4/c1-10-28-46(29-11-1)59(47-30-12-2-13-31-47,48-32-14-3-15-33-48)55-58(56-60(49-34-16-4-17-35-49,50-36-18-5-19-37-50)51-38-20-6-21-39-51)57-61(52-40-22-7-23-41-52,53-42-24-8-25-43-53)54-44-26-9-27-45-54/h1-45H. The molecule has 0 aliphatic rings. The minimum Gasteiger partial charge on any atom is -0.402 e. The van der Waals surface area contributed by atoms with Gasteiger partial charge in [-0.1, -0.05) is 273 Å². The van der Waals surface area contributed by atoms with Crippen LogP contribution >= 0.6 is 0 Å². The molecule has 9 aromatic rings. The summed E-state index contributed by atoms with van der Waals surface area (Å²) < 4.78 is 24.9. The van der Waals surface area contributed by atoms with Crippen molar-refractivity contribution in [2.45, 2.75) is 0 Å². The zero-order chi connectivity index (χ0) is 41.2. The van der Waals surface area contributed by atoms with Crippen LogP contribution in [-0.2, 0) is 12.3 Å². The van der Waals surface area contributed by atoms with Crippen LogP contribution in [0.5, 0.6) is 0 Å². The first kappa shape index (κ1) is 40.1. The van der Waals surface area contributed by atoms with Crippen LogP contribution in [0.25, 0.3) is 0 Å². The van der Waals surface area contributed by atoms with Crippen LogP contribution in [0.15, 0.2) is 273 Å². The Kier molecular flexibility index (Phi) is 12.2. The predicted molar refractivity (Wildman–Crippen MR) is 261 cm³/mol. The Bertz CT molecular complexity index is 2110. The average molecular weight is 854 g/mol. The summed E-state index contributed by atoms with van der Waals surface area (Å²) in [7, 11) is -13.2. The van der Waals surface area contributed by atoms with E-state index in [1.807, 2.05) is 0 Å². The van der Waals surface area contributed by atoms with Crippen LogP contribution in [0, 0.1) is 0 Å². The smallest absolute Gasteiger partial charge is 0.402 e. The summed E-state index contributed by atoms with van der Waals surface area (Å²) in [5.74, 6) is 0. The number of benzene rings is 9. The molecule has 9 rings (SSSR count).